The molecule has 0 aliphatic heterocycles. The largest absolute Gasteiger partial charge is 0.493 e. The average molecular weight is 755 g/mol. The molecular weight excluding hydrogens is 717 g/mol. The third kappa shape index (κ3) is 9.30. The van der Waals surface area contributed by atoms with Gasteiger partial charge in [-0.05, 0) is 99.0 Å². The van der Waals surface area contributed by atoms with E-state index in [1.165, 1.54) is 54.1 Å². The zero-order chi connectivity index (χ0) is 38.5. The Bertz CT molecular complexity index is 2640. The molecule has 8 N–H and O–H groups in total. The summed E-state index contributed by atoms with van der Waals surface area (Å²) in [7, 11) is -7.51. The Hall–Kier alpha value is -5.94. The Labute approximate surface area is 306 Å². The van der Waals surface area contributed by atoms with Gasteiger partial charge < -0.3 is 20.2 Å². The lowest BCUT2D eigenvalue weighted by atomic mass is 10.1. The molecular formula is C37H38N8O6S2. The lowest BCUT2D eigenvalue weighted by Gasteiger charge is -2.01. The number of allylic oxidation sites excluding steroid dienone is 2. The first-order chi connectivity index (χ1) is 25.0. The first-order valence-electron chi connectivity index (χ1n) is 16.1. The summed E-state index contributed by atoms with van der Waals surface area (Å²) in [6, 6.07) is 22.8. The van der Waals surface area contributed by atoms with Gasteiger partial charge in [-0.2, -0.15) is 10.2 Å². The average Bonchev–Trinajstić information content (AvgIpc) is 3.61. The minimum absolute atomic E-state index is 0.00106. The maximum Gasteiger partial charge on any atom is 0.238 e. The van der Waals surface area contributed by atoms with Gasteiger partial charge in [0.2, 0.25) is 31.8 Å². The van der Waals surface area contributed by atoms with Crippen LogP contribution in [0.2, 0.25) is 0 Å². The van der Waals surface area contributed by atoms with Crippen LogP contribution in [-0.4, -0.2) is 37.0 Å². The number of fused-ring (bicyclic) bond motifs is 2. The summed E-state index contributed by atoms with van der Waals surface area (Å²) < 4.78 is 45.2. The number of benzene rings is 4. The Kier molecular flexibility index (Phi) is 11.4. The number of nitrogens with zero attached hydrogens (tertiary/aromatic N) is 4. The van der Waals surface area contributed by atoms with Crippen LogP contribution < -0.4 is 10.3 Å². The lowest BCUT2D eigenvalue weighted by molar-refractivity contribution is 0.459. The monoisotopic (exact) mass is 754 g/mol. The number of aromatic hydroxyl groups is 2. The minimum Gasteiger partial charge on any atom is -0.493 e. The molecule has 0 radical (unpaired) electrons. The van der Waals surface area contributed by atoms with Crippen LogP contribution in [0.25, 0.3) is 34.0 Å². The van der Waals surface area contributed by atoms with Crippen LogP contribution in [-0.2, 0) is 20.0 Å². The van der Waals surface area contributed by atoms with Crippen LogP contribution in [0.1, 0.15) is 45.2 Å². The fraction of sp³-hybridized carbons (Fsp3) is 0.135. The maximum absolute atomic E-state index is 11.3. The number of sulfonamides is 2. The van der Waals surface area contributed by atoms with E-state index in [2.05, 4.69) is 43.4 Å². The zero-order valence-electron chi connectivity index (χ0n) is 29.2. The Morgan fingerprint density at radius 2 is 1.02 bits per heavy atom. The van der Waals surface area contributed by atoms with Gasteiger partial charge in [0.1, 0.15) is 0 Å². The van der Waals surface area contributed by atoms with E-state index in [0.29, 0.717) is 22.7 Å². The first-order valence-corrected chi connectivity index (χ1v) is 19.2. The van der Waals surface area contributed by atoms with Crippen molar-refractivity contribution >= 4 is 76.8 Å². The van der Waals surface area contributed by atoms with Crippen LogP contribution in [0.3, 0.4) is 0 Å². The molecule has 274 valence electrons. The molecule has 4 aromatic carbocycles. The third-order valence-electron chi connectivity index (χ3n) is 7.89. The number of hydrogen-bond donors (Lipinski definition) is 6. The second-order valence-electron chi connectivity index (χ2n) is 12.2. The molecule has 0 unspecified atom stereocenters. The molecule has 6 rings (SSSR count). The summed E-state index contributed by atoms with van der Waals surface area (Å²) in [6.45, 7) is 8.09. The highest BCUT2D eigenvalue weighted by Crippen LogP contribution is 2.40. The summed E-state index contributed by atoms with van der Waals surface area (Å²) in [4.78, 5) is 5.78. The van der Waals surface area contributed by atoms with Gasteiger partial charge in [-0.3, -0.25) is 0 Å². The summed E-state index contributed by atoms with van der Waals surface area (Å²) in [5.41, 5.74) is 7.18. The molecule has 0 amide bonds. The number of rotatable bonds is 9. The van der Waals surface area contributed by atoms with Gasteiger partial charge in [0.05, 0.1) is 32.2 Å². The van der Waals surface area contributed by atoms with Gasteiger partial charge in [-0.1, -0.05) is 54.5 Å². The Morgan fingerprint density at radius 1 is 0.623 bits per heavy atom. The quantitative estimate of drug-likeness (QED) is 0.0786. The van der Waals surface area contributed by atoms with Crippen molar-refractivity contribution < 1.29 is 27.0 Å². The van der Waals surface area contributed by atoms with Crippen LogP contribution in [0.4, 0.5) is 22.7 Å². The van der Waals surface area contributed by atoms with Gasteiger partial charge in [-0.25, -0.2) is 27.1 Å². The van der Waals surface area contributed by atoms with Crippen molar-refractivity contribution in [3.05, 3.63) is 107 Å². The van der Waals surface area contributed by atoms with E-state index >= 15 is 0 Å². The normalized spacial score (nSPS) is 12.5. The number of aromatic amines is 2. The topological polar surface area (TPSA) is 242 Å². The van der Waals surface area contributed by atoms with Crippen LogP contribution in [0, 0.1) is 0 Å². The highest BCUT2D eigenvalue weighted by molar-refractivity contribution is 7.89. The fourth-order valence-electron chi connectivity index (χ4n) is 5.22. The Balaban J connectivity index is 0.000000204. The van der Waals surface area contributed by atoms with Gasteiger partial charge in [0.15, 0.2) is 11.4 Å². The Morgan fingerprint density at radius 3 is 1.38 bits per heavy atom. The van der Waals surface area contributed by atoms with E-state index in [0.717, 1.165) is 44.9 Å². The molecule has 0 fully saturated rings. The summed E-state index contributed by atoms with van der Waals surface area (Å²) in [6.07, 6.45) is 4.96. The van der Waals surface area contributed by atoms with E-state index in [4.69, 9.17) is 10.3 Å². The van der Waals surface area contributed by atoms with Crippen molar-refractivity contribution in [3.8, 4) is 11.8 Å². The molecule has 53 heavy (non-hydrogen) atoms. The molecule has 0 spiro atoms. The zero-order valence-corrected chi connectivity index (χ0v) is 30.9. The SMILES string of the molecule is CC(C)=Cc1cccc2[nH]c(O)c(N=Nc3ccc(S(N)(=O)=O)cc3)c12.CCC(C)=Cc1cccc2[nH]c(O)c(N=Nc3ccc(S(N)(=O)=O)cc3)c12. The smallest absolute Gasteiger partial charge is 0.238 e. The van der Waals surface area contributed by atoms with E-state index in [9.17, 15) is 27.0 Å². The summed E-state index contributed by atoms with van der Waals surface area (Å²) in [5.74, 6) is -0.163. The van der Waals surface area contributed by atoms with Crippen LogP contribution in [0.15, 0.2) is 126 Å². The van der Waals surface area contributed by atoms with Crippen LogP contribution >= 0.6 is 0 Å². The van der Waals surface area contributed by atoms with Gasteiger partial charge in [-0.15, -0.1) is 10.2 Å². The number of primary sulfonamides is 2. The molecule has 2 aromatic heterocycles. The number of azo groups is 2. The molecule has 0 atom stereocenters. The minimum atomic E-state index is -3.76. The molecule has 0 aliphatic rings. The molecule has 6 aromatic rings. The van der Waals surface area contributed by atoms with E-state index in [1.54, 1.807) is 0 Å². The van der Waals surface area contributed by atoms with E-state index < -0.39 is 20.0 Å². The molecule has 0 saturated heterocycles. The van der Waals surface area contributed by atoms with Crippen molar-refractivity contribution in [2.45, 2.75) is 43.9 Å². The van der Waals surface area contributed by atoms with Gasteiger partial charge >= 0.3 is 0 Å². The van der Waals surface area contributed by atoms with E-state index in [-0.39, 0.29) is 21.6 Å². The molecule has 0 saturated carbocycles. The number of H-pyrrole nitrogens is 2. The van der Waals surface area contributed by atoms with Crippen molar-refractivity contribution in [2.75, 3.05) is 0 Å². The highest BCUT2D eigenvalue weighted by atomic mass is 32.2. The second-order valence-corrected chi connectivity index (χ2v) is 15.4. The van der Waals surface area contributed by atoms with Crippen molar-refractivity contribution in [3.63, 3.8) is 0 Å². The number of nitrogens with one attached hydrogen (secondary N) is 2. The maximum atomic E-state index is 11.3. The number of hydrogen-bond acceptors (Lipinski definition) is 10. The molecule has 0 bridgehead atoms. The predicted octanol–water partition coefficient (Wildman–Crippen LogP) is 9.11. The summed E-state index contributed by atoms with van der Waals surface area (Å²) in [5, 5.41) is 48.7. The first kappa shape index (κ1) is 38.3. The standard InChI is InChI=1S/C19H20N4O3S.C18H18N4O3S/c1-3-12(2)11-13-5-4-6-16-17(13)18(19(24)21-16)23-22-14-7-9-15(10-8-14)27(20,25)26;1-11(2)10-12-4-3-5-15-16(12)17(18(23)20-15)22-21-13-6-8-14(9-7-13)26(19,24)25/h4-11,21,24H,3H2,1-2H3,(H2,20,25,26);3-10,20,23H,1-2H3,(H2,19,24,25). The highest BCUT2D eigenvalue weighted by Gasteiger charge is 2.15. The summed E-state index contributed by atoms with van der Waals surface area (Å²) >= 11 is 0. The van der Waals surface area contributed by atoms with Crippen molar-refractivity contribution in [2.24, 2.45) is 30.7 Å². The van der Waals surface area contributed by atoms with Gasteiger partial charge in [0, 0.05) is 10.8 Å². The number of nitrogens with two attached hydrogens (primary N) is 2. The van der Waals surface area contributed by atoms with Crippen molar-refractivity contribution in [1.82, 2.24) is 9.97 Å². The lowest BCUT2D eigenvalue weighted by Crippen LogP contribution is -2.11. The predicted molar refractivity (Wildman–Crippen MR) is 207 cm³/mol. The second kappa shape index (κ2) is 15.7. The molecule has 16 heteroatoms. The molecule has 2 heterocycles. The molecule has 14 nitrogen and oxygen atoms in total. The third-order valence-corrected chi connectivity index (χ3v) is 9.75. The van der Waals surface area contributed by atoms with E-state index in [1.807, 2.05) is 63.2 Å². The fourth-order valence-corrected chi connectivity index (χ4v) is 6.25. The van der Waals surface area contributed by atoms with Crippen LogP contribution in [0.5, 0.6) is 11.8 Å². The van der Waals surface area contributed by atoms with Gasteiger partial charge in [0.25, 0.3) is 0 Å². The molecule has 0 aliphatic carbocycles. The number of aromatic nitrogens is 2. The van der Waals surface area contributed by atoms with Crippen molar-refractivity contribution in [1.29, 1.82) is 0 Å².